The first-order valence-corrected chi connectivity index (χ1v) is 9.51. The van der Waals surface area contributed by atoms with Crippen LogP contribution in [0.15, 0.2) is 29.3 Å². The zero-order valence-corrected chi connectivity index (χ0v) is 14.7. The number of benzene rings is 1. The number of aryl methyl sites for hydroxylation is 3. The first-order valence-electron chi connectivity index (χ1n) is 8.03. The van der Waals surface area contributed by atoms with Crippen molar-refractivity contribution in [2.45, 2.75) is 57.4 Å². The molecule has 23 heavy (non-hydrogen) atoms. The van der Waals surface area contributed by atoms with E-state index in [1.165, 1.54) is 12.8 Å². The lowest BCUT2D eigenvalue weighted by molar-refractivity contribution is 0.464. The van der Waals surface area contributed by atoms with E-state index in [0.29, 0.717) is 17.4 Å². The van der Waals surface area contributed by atoms with Crippen molar-refractivity contribution in [3.8, 4) is 0 Å². The quantitative estimate of drug-likeness (QED) is 0.927. The van der Waals surface area contributed by atoms with E-state index in [9.17, 15) is 8.42 Å². The molecule has 0 atom stereocenters. The van der Waals surface area contributed by atoms with Crippen molar-refractivity contribution < 1.29 is 8.42 Å². The normalized spacial score (nSPS) is 16.0. The SMILES string of the molecule is Cc1cccc(C)c1NS(=O)(=O)c1cn(C2CCCC2)nc1C. The topological polar surface area (TPSA) is 64.0 Å². The minimum atomic E-state index is -3.63. The molecule has 0 unspecified atom stereocenters. The van der Waals surface area contributed by atoms with Crippen molar-refractivity contribution in [3.63, 3.8) is 0 Å². The van der Waals surface area contributed by atoms with Gasteiger partial charge in [-0.15, -0.1) is 0 Å². The molecule has 1 aromatic heterocycles. The van der Waals surface area contributed by atoms with Gasteiger partial charge < -0.3 is 0 Å². The maximum Gasteiger partial charge on any atom is 0.265 e. The Hall–Kier alpha value is -1.82. The van der Waals surface area contributed by atoms with Crippen molar-refractivity contribution in [1.82, 2.24) is 9.78 Å². The van der Waals surface area contributed by atoms with E-state index in [4.69, 9.17) is 0 Å². The van der Waals surface area contributed by atoms with Crippen LogP contribution in [0.1, 0.15) is 48.5 Å². The van der Waals surface area contributed by atoms with Gasteiger partial charge in [-0.1, -0.05) is 31.0 Å². The van der Waals surface area contributed by atoms with Gasteiger partial charge in [0.05, 0.1) is 17.4 Å². The smallest absolute Gasteiger partial charge is 0.265 e. The van der Waals surface area contributed by atoms with Crippen LogP contribution in [0.3, 0.4) is 0 Å². The molecule has 3 rings (SSSR count). The fourth-order valence-electron chi connectivity index (χ4n) is 3.25. The fraction of sp³-hybridized carbons (Fsp3) is 0.471. The highest BCUT2D eigenvalue weighted by Gasteiger charge is 2.25. The largest absolute Gasteiger partial charge is 0.279 e. The van der Waals surface area contributed by atoms with Crippen LogP contribution in [-0.4, -0.2) is 18.2 Å². The first-order chi connectivity index (χ1) is 10.9. The molecule has 1 saturated carbocycles. The summed E-state index contributed by atoms with van der Waals surface area (Å²) in [6.45, 7) is 5.56. The van der Waals surface area contributed by atoms with Gasteiger partial charge in [0.25, 0.3) is 10.0 Å². The van der Waals surface area contributed by atoms with Gasteiger partial charge in [-0.3, -0.25) is 9.40 Å². The van der Waals surface area contributed by atoms with E-state index >= 15 is 0 Å². The van der Waals surface area contributed by atoms with Gasteiger partial charge in [0.15, 0.2) is 0 Å². The van der Waals surface area contributed by atoms with E-state index in [1.807, 2.05) is 36.7 Å². The summed E-state index contributed by atoms with van der Waals surface area (Å²) in [5, 5.41) is 4.44. The van der Waals surface area contributed by atoms with Gasteiger partial charge in [0, 0.05) is 6.20 Å². The zero-order valence-electron chi connectivity index (χ0n) is 13.8. The van der Waals surface area contributed by atoms with Crippen LogP contribution >= 0.6 is 0 Å². The molecule has 1 fully saturated rings. The van der Waals surface area contributed by atoms with E-state index in [1.54, 1.807) is 13.1 Å². The number of aromatic nitrogens is 2. The lowest BCUT2D eigenvalue weighted by Crippen LogP contribution is -2.15. The van der Waals surface area contributed by atoms with Crippen molar-refractivity contribution in [2.24, 2.45) is 0 Å². The van der Waals surface area contributed by atoms with E-state index in [0.717, 1.165) is 24.0 Å². The molecular formula is C17H23N3O2S. The van der Waals surface area contributed by atoms with Crippen molar-refractivity contribution in [1.29, 1.82) is 0 Å². The van der Waals surface area contributed by atoms with Gasteiger partial charge in [0.1, 0.15) is 4.90 Å². The molecule has 0 amide bonds. The number of nitrogens with zero attached hydrogens (tertiary/aromatic N) is 2. The van der Waals surface area contributed by atoms with Gasteiger partial charge in [-0.2, -0.15) is 5.10 Å². The summed E-state index contributed by atoms with van der Waals surface area (Å²) in [7, 11) is -3.63. The van der Waals surface area contributed by atoms with Crippen LogP contribution in [0.2, 0.25) is 0 Å². The Kier molecular flexibility index (Phi) is 4.19. The Balaban J connectivity index is 1.94. The number of sulfonamides is 1. The number of rotatable bonds is 4. The van der Waals surface area contributed by atoms with Crippen molar-refractivity contribution in [2.75, 3.05) is 4.72 Å². The highest BCUT2D eigenvalue weighted by molar-refractivity contribution is 7.92. The number of anilines is 1. The summed E-state index contributed by atoms with van der Waals surface area (Å²) in [6.07, 6.45) is 6.20. The average molecular weight is 333 g/mol. The zero-order chi connectivity index (χ0) is 16.6. The number of nitrogens with one attached hydrogen (secondary N) is 1. The van der Waals surface area contributed by atoms with Crippen LogP contribution in [0.5, 0.6) is 0 Å². The molecule has 1 N–H and O–H groups in total. The second-order valence-electron chi connectivity index (χ2n) is 6.37. The molecule has 0 aliphatic heterocycles. The molecule has 6 heteroatoms. The second-order valence-corrected chi connectivity index (χ2v) is 8.02. The third-order valence-corrected chi connectivity index (χ3v) is 6.03. The highest BCUT2D eigenvalue weighted by Crippen LogP contribution is 2.31. The molecule has 1 aliphatic carbocycles. The molecule has 0 radical (unpaired) electrons. The lowest BCUT2D eigenvalue weighted by atomic mass is 10.1. The second kappa shape index (κ2) is 6.00. The molecule has 124 valence electrons. The molecular weight excluding hydrogens is 310 g/mol. The Morgan fingerprint density at radius 2 is 1.74 bits per heavy atom. The highest BCUT2D eigenvalue weighted by atomic mass is 32.2. The number of hydrogen-bond donors (Lipinski definition) is 1. The van der Waals surface area contributed by atoms with Gasteiger partial charge in [-0.25, -0.2) is 8.42 Å². The summed E-state index contributed by atoms with van der Waals surface area (Å²) in [6, 6.07) is 6.06. The van der Waals surface area contributed by atoms with Crippen LogP contribution < -0.4 is 4.72 Å². The monoisotopic (exact) mass is 333 g/mol. The summed E-state index contributed by atoms with van der Waals surface area (Å²) >= 11 is 0. The van der Waals surface area contributed by atoms with E-state index < -0.39 is 10.0 Å². The van der Waals surface area contributed by atoms with Crippen LogP contribution in [-0.2, 0) is 10.0 Å². The van der Waals surface area contributed by atoms with Crippen LogP contribution in [0.25, 0.3) is 0 Å². The fourth-order valence-corrected chi connectivity index (χ4v) is 4.63. The summed E-state index contributed by atoms with van der Waals surface area (Å²) in [4.78, 5) is 0.270. The number of para-hydroxylation sites is 1. The number of hydrogen-bond acceptors (Lipinski definition) is 3. The minimum Gasteiger partial charge on any atom is -0.279 e. The molecule has 5 nitrogen and oxygen atoms in total. The van der Waals surface area contributed by atoms with Gasteiger partial charge in [0.2, 0.25) is 0 Å². The van der Waals surface area contributed by atoms with Gasteiger partial charge >= 0.3 is 0 Å². The van der Waals surface area contributed by atoms with Crippen LogP contribution in [0.4, 0.5) is 5.69 Å². The Morgan fingerprint density at radius 1 is 1.13 bits per heavy atom. The standard InChI is InChI=1S/C17H23N3O2S/c1-12-7-6-8-13(2)17(12)19-23(21,22)16-11-20(18-14(16)3)15-9-4-5-10-15/h6-8,11,15,19H,4-5,9-10H2,1-3H3. The predicted octanol–water partition coefficient (Wildman–Crippen LogP) is 3.72. The molecule has 1 aromatic carbocycles. The summed E-state index contributed by atoms with van der Waals surface area (Å²) in [5.74, 6) is 0. The minimum absolute atomic E-state index is 0.270. The maximum atomic E-state index is 12.8. The Labute approximate surface area is 137 Å². The maximum absolute atomic E-state index is 12.8. The molecule has 0 bridgehead atoms. The molecule has 2 aromatic rings. The van der Waals surface area contributed by atoms with Crippen molar-refractivity contribution >= 4 is 15.7 Å². The third kappa shape index (κ3) is 3.13. The summed E-state index contributed by atoms with van der Waals surface area (Å²) < 4.78 is 30.2. The molecule has 1 aliphatic rings. The van der Waals surface area contributed by atoms with E-state index in [-0.39, 0.29) is 4.90 Å². The molecule has 0 saturated heterocycles. The lowest BCUT2D eigenvalue weighted by Gasteiger charge is -2.12. The van der Waals surface area contributed by atoms with Gasteiger partial charge in [-0.05, 0) is 44.7 Å². The summed E-state index contributed by atoms with van der Waals surface area (Å²) in [5.41, 5.74) is 3.03. The predicted molar refractivity (Wildman–Crippen MR) is 91.2 cm³/mol. The Bertz CT molecular complexity index is 798. The first kappa shape index (κ1) is 16.1. The van der Waals surface area contributed by atoms with Crippen LogP contribution in [0, 0.1) is 20.8 Å². The average Bonchev–Trinajstić information content (AvgIpc) is 3.12. The molecule has 0 spiro atoms. The third-order valence-electron chi connectivity index (χ3n) is 4.58. The molecule has 1 heterocycles. The van der Waals surface area contributed by atoms with E-state index in [2.05, 4.69) is 9.82 Å². The Morgan fingerprint density at radius 3 is 2.35 bits per heavy atom. The van der Waals surface area contributed by atoms with Crippen molar-refractivity contribution in [3.05, 3.63) is 41.2 Å².